The summed E-state index contributed by atoms with van der Waals surface area (Å²) in [4.78, 5) is 38.3. The van der Waals surface area contributed by atoms with Crippen molar-refractivity contribution >= 4 is 23.3 Å². The maximum Gasteiger partial charge on any atom is 0.294 e. The first kappa shape index (κ1) is 22.1. The van der Waals surface area contributed by atoms with E-state index in [-0.39, 0.29) is 24.1 Å². The molecule has 2 aliphatic rings. The summed E-state index contributed by atoms with van der Waals surface area (Å²) in [5.41, 5.74) is -0.0482. The van der Waals surface area contributed by atoms with E-state index in [1.165, 1.54) is 24.3 Å². The highest BCUT2D eigenvalue weighted by Gasteiger charge is 2.60. The van der Waals surface area contributed by atoms with Crippen LogP contribution >= 0.6 is 0 Å². The molecule has 2 heterocycles. The summed E-state index contributed by atoms with van der Waals surface area (Å²) in [6.07, 6.45) is 2.32. The highest BCUT2D eigenvalue weighted by atomic mass is 19.3. The molecule has 170 valence electrons. The van der Waals surface area contributed by atoms with Gasteiger partial charge in [0.25, 0.3) is 23.5 Å². The van der Waals surface area contributed by atoms with Crippen LogP contribution < -0.4 is 10.6 Å². The molecule has 2 amide bonds. The van der Waals surface area contributed by atoms with E-state index < -0.39 is 34.9 Å². The van der Waals surface area contributed by atoms with E-state index in [1.54, 1.807) is 11.5 Å². The summed E-state index contributed by atoms with van der Waals surface area (Å²) in [6.45, 7) is 2.75. The molecule has 0 spiro atoms. The molecule has 1 aromatic heterocycles. The fourth-order valence-corrected chi connectivity index (χ4v) is 4.17. The maximum absolute atomic E-state index is 13.8. The first-order valence-electron chi connectivity index (χ1n) is 10.6. The Morgan fingerprint density at radius 1 is 1.12 bits per heavy atom. The quantitative estimate of drug-likeness (QED) is 0.519. The Morgan fingerprint density at radius 2 is 1.84 bits per heavy atom. The van der Waals surface area contributed by atoms with Crippen LogP contribution in [0.4, 0.5) is 18.9 Å². The number of carbonyl (C=O) groups excluding carboxylic acids is 3. The van der Waals surface area contributed by atoms with E-state index in [4.69, 9.17) is 0 Å². The Bertz CT molecular complexity index is 1110. The van der Waals surface area contributed by atoms with Gasteiger partial charge in [-0.15, -0.1) is 0 Å². The second-order valence-electron chi connectivity index (χ2n) is 8.67. The molecule has 0 atom stereocenters. The second-order valence-corrected chi connectivity index (χ2v) is 8.67. The summed E-state index contributed by atoms with van der Waals surface area (Å²) in [6, 6.07) is 5.52. The molecule has 0 radical (unpaired) electrons. The van der Waals surface area contributed by atoms with Crippen LogP contribution in [0.2, 0.25) is 0 Å². The van der Waals surface area contributed by atoms with Gasteiger partial charge < -0.3 is 15.2 Å². The number of amides is 2. The topological polar surface area (TPSA) is 80.2 Å². The molecule has 1 aliphatic carbocycles. The number of hydrogen-bond donors (Lipinski definition) is 2. The number of anilines is 1. The van der Waals surface area contributed by atoms with Crippen LogP contribution in [-0.2, 0) is 17.8 Å². The first-order chi connectivity index (χ1) is 15.0. The van der Waals surface area contributed by atoms with E-state index >= 15 is 0 Å². The minimum absolute atomic E-state index is 0.00727. The molecule has 0 unspecified atom stereocenters. The van der Waals surface area contributed by atoms with E-state index in [0.29, 0.717) is 29.9 Å². The number of alkyl halides is 2. The summed E-state index contributed by atoms with van der Waals surface area (Å²) in [5.74, 6) is -6.06. The van der Waals surface area contributed by atoms with Crippen molar-refractivity contribution in [1.82, 2.24) is 9.88 Å². The van der Waals surface area contributed by atoms with Crippen molar-refractivity contribution in [3.63, 3.8) is 0 Å². The predicted octanol–water partition coefficient (Wildman–Crippen LogP) is 4.01. The lowest BCUT2D eigenvalue weighted by molar-refractivity contribution is -0.122. The summed E-state index contributed by atoms with van der Waals surface area (Å²) in [5, 5.41) is 4.91. The summed E-state index contributed by atoms with van der Waals surface area (Å²) in [7, 11) is 0. The lowest BCUT2D eigenvalue weighted by Gasteiger charge is -2.24. The van der Waals surface area contributed by atoms with E-state index in [1.807, 2.05) is 0 Å². The van der Waals surface area contributed by atoms with Crippen molar-refractivity contribution in [2.45, 2.75) is 64.0 Å². The normalized spacial score (nSPS) is 16.8. The third-order valence-electron chi connectivity index (χ3n) is 6.30. The number of rotatable bonds is 6. The third kappa shape index (κ3) is 3.91. The predicted molar refractivity (Wildman–Crippen MR) is 112 cm³/mol. The van der Waals surface area contributed by atoms with Crippen LogP contribution in [0.15, 0.2) is 24.3 Å². The number of ketones is 1. The monoisotopic (exact) mass is 447 g/mol. The Balaban J connectivity index is 1.60. The van der Waals surface area contributed by atoms with Gasteiger partial charge in [0, 0.05) is 24.8 Å². The SMILES string of the molecule is Cc1cc(NC(=O)c2cc(C(=O)C(=O)NC3(C(C)(F)F)CC3)n3c2CCCC3)ccc1F. The molecule has 4 rings (SSSR count). The third-order valence-corrected chi connectivity index (χ3v) is 6.30. The minimum atomic E-state index is -3.14. The molecule has 0 saturated heterocycles. The Morgan fingerprint density at radius 3 is 2.47 bits per heavy atom. The Labute approximate surface area is 183 Å². The van der Waals surface area contributed by atoms with Crippen LogP contribution in [-0.4, -0.2) is 33.6 Å². The first-order valence-corrected chi connectivity index (χ1v) is 10.6. The van der Waals surface area contributed by atoms with Gasteiger partial charge in [0.1, 0.15) is 11.4 Å². The Kier molecular flexibility index (Phi) is 5.38. The van der Waals surface area contributed by atoms with E-state index in [2.05, 4.69) is 10.6 Å². The van der Waals surface area contributed by atoms with Crippen LogP contribution in [0.25, 0.3) is 0 Å². The van der Waals surface area contributed by atoms with Crippen LogP contribution in [0.5, 0.6) is 0 Å². The number of carbonyl (C=O) groups is 3. The van der Waals surface area contributed by atoms with Gasteiger partial charge in [0.05, 0.1) is 11.3 Å². The second kappa shape index (κ2) is 7.79. The molecule has 2 aromatic rings. The van der Waals surface area contributed by atoms with E-state index in [0.717, 1.165) is 19.8 Å². The number of hydrogen-bond acceptors (Lipinski definition) is 3. The van der Waals surface area contributed by atoms with Gasteiger partial charge in [-0.3, -0.25) is 14.4 Å². The smallest absolute Gasteiger partial charge is 0.294 e. The van der Waals surface area contributed by atoms with Crippen molar-refractivity contribution < 1.29 is 27.6 Å². The number of nitrogens with zero attached hydrogens (tertiary/aromatic N) is 1. The fraction of sp³-hybridized carbons (Fsp3) is 0.435. The van der Waals surface area contributed by atoms with Gasteiger partial charge in [-0.05, 0) is 68.9 Å². The number of nitrogens with one attached hydrogen (secondary N) is 2. The zero-order chi connectivity index (χ0) is 23.3. The van der Waals surface area contributed by atoms with Gasteiger partial charge in [-0.2, -0.15) is 0 Å². The number of fused-ring (bicyclic) bond motifs is 1. The zero-order valence-electron chi connectivity index (χ0n) is 17.9. The van der Waals surface area contributed by atoms with Crippen LogP contribution in [0.3, 0.4) is 0 Å². The average Bonchev–Trinajstić information content (AvgIpc) is 3.42. The lowest BCUT2D eigenvalue weighted by Crippen LogP contribution is -2.50. The van der Waals surface area contributed by atoms with Gasteiger partial charge in [-0.1, -0.05) is 0 Å². The highest BCUT2D eigenvalue weighted by molar-refractivity contribution is 6.42. The molecule has 9 heteroatoms. The van der Waals surface area contributed by atoms with Gasteiger partial charge in [0.2, 0.25) is 0 Å². The number of benzene rings is 1. The fourth-order valence-electron chi connectivity index (χ4n) is 4.17. The highest BCUT2D eigenvalue weighted by Crippen LogP contribution is 2.47. The van der Waals surface area contributed by atoms with E-state index in [9.17, 15) is 27.6 Å². The van der Waals surface area contributed by atoms with Gasteiger partial charge >= 0.3 is 0 Å². The molecular weight excluding hydrogens is 423 g/mol. The van der Waals surface area contributed by atoms with Gasteiger partial charge in [-0.25, -0.2) is 13.2 Å². The van der Waals surface area contributed by atoms with Gasteiger partial charge in [0.15, 0.2) is 0 Å². The molecule has 6 nitrogen and oxygen atoms in total. The molecule has 1 aromatic carbocycles. The Hall–Kier alpha value is -3.10. The number of halogens is 3. The molecule has 1 fully saturated rings. The summed E-state index contributed by atoms with van der Waals surface area (Å²) < 4.78 is 42.8. The van der Waals surface area contributed by atoms with Crippen LogP contribution in [0, 0.1) is 12.7 Å². The minimum Gasteiger partial charge on any atom is -0.341 e. The molecule has 2 N–H and O–H groups in total. The molecule has 1 saturated carbocycles. The lowest BCUT2D eigenvalue weighted by atomic mass is 10.1. The molecule has 1 aliphatic heterocycles. The molecule has 0 bridgehead atoms. The van der Waals surface area contributed by atoms with Crippen molar-refractivity contribution in [3.05, 3.63) is 52.6 Å². The number of aromatic nitrogens is 1. The zero-order valence-corrected chi connectivity index (χ0v) is 17.9. The maximum atomic E-state index is 13.8. The number of aryl methyl sites for hydroxylation is 1. The average molecular weight is 447 g/mol. The van der Waals surface area contributed by atoms with Crippen molar-refractivity contribution in [1.29, 1.82) is 0 Å². The van der Waals surface area contributed by atoms with Crippen molar-refractivity contribution in [2.24, 2.45) is 0 Å². The molecular formula is C23H24F3N3O3. The van der Waals surface area contributed by atoms with Crippen molar-refractivity contribution in [2.75, 3.05) is 5.32 Å². The number of Topliss-reactive ketones (excluding diaryl/α,β-unsaturated/α-hetero) is 1. The summed E-state index contributed by atoms with van der Waals surface area (Å²) >= 11 is 0. The van der Waals surface area contributed by atoms with Crippen LogP contribution in [0.1, 0.15) is 64.7 Å². The largest absolute Gasteiger partial charge is 0.341 e. The molecule has 32 heavy (non-hydrogen) atoms. The van der Waals surface area contributed by atoms with Crippen molar-refractivity contribution in [3.8, 4) is 0 Å². The standard InChI is InChI=1S/C23H24F3N3O3/c1-13-11-14(6-7-16(13)24)27-20(31)15-12-18(29-10-4-3-5-17(15)29)19(30)21(32)28-23(8-9-23)22(2,25)26/h6-7,11-12H,3-5,8-10H2,1-2H3,(H,27,31)(H,28,32).